The summed E-state index contributed by atoms with van der Waals surface area (Å²) in [4.78, 5) is 23.4. The van der Waals surface area contributed by atoms with Crippen LogP contribution >= 0.6 is 11.6 Å². The lowest BCUT2D eigenvalue weighted by Crippen LogP contribution is -2.29. The first kappa shape index (κ1) is 14.8. The molecule has 2 aromatic rings. The third-order valence-corrected chi connectivity index (χ3v) is 2.77. The molecule has 0 aliphatic rings. The van der Waals surface area contributed by atoms with Crippen molar-refractivity contribution in [3.05, 3.63) is 53.3 Å². The normalized spacial score (nSPS) is 10.0. The number of carbonyl (C=O) groups is 2. The molecular weight excluding hydrogens is 299 g/mol. The first-order valence-corrected chi connectivity index (χ1v) is 6.20. The van der Waals surface area contributed by atoms with Crippen LogP contribution in [0.2, 0.25) is 5.02 Å². The van der Waals surface area contributed by atoms with Gasteiger partial charge < -0.3 is 15.7 Å². The molecule has 0 heterocycles. The second-order valence-electron chi connectivity index (χ2n) is 4.05. The van der Waals surface area contributed by atoms with Crippen molar-refractivity contribution in [3.8, 4) is 5.75 Å². The maximum atomic E-state index is 13.4. The van der Waals surface area contributed by atoms with Gasteiger partial charge >= 0.3 is 11.8 Å². The molecule has 2 aromatic carbocycles. The second-order valence-corrected chi connectivity index (χ2v) is 4.49. The highest BCUT2D eigenvalue weighted by atomic mass is 35.5. The van der Waals surface area contributed by atoms with Crippen molar-refractivity contribution in [2.75, 3.05) is 10.6 Å². The van der Waals surface area contributed by atoms with Gasteiger partial charge in [-0.25, -0.2) is 4.39 Å². The van der Waals surface area contributed by atoms with E-state index in [1.54, 1.807) is 0 Å². The van der Waals surface area contributed by atoms with Crippen LogP contribution < -0.4 is 10.6 Å². The van der Waals surface area contributed by atoms with E-state index in [0.717, 1.165) is 6.07 Å². The zero-order chi connectivity index (χ0) is 15.4. The van der Waals surface area contributed by atoms with Crippen molar-refractivity contribution in [1.82, 2.24) is 0 Å². The summed E-state index contributed by atoms with van der Waals surface area (Å²) in [5.41, 5.74) is -0.135. The number of halogens is 2. The first-order chi connectivity index (χ1) is 9.97. The lowest BCUT2D eigenvalue weighted by Gasteiger charge is -2.08. The molecule has 0 fully saturated rings. The molecule has 108 valence electrons. The number of hydrogen-bond donors (Lipinski definition) is 3. The van der Waals surface area contributed by atoms with E-state index in [-0.39, 0.29) is 22.1 Å². The smallest absolute Gasteiger partial charge is 0.314 e. The number of hydrogen-bond acceptors (Lipinski definition) is 3. The fourth-order valence-electron chi connectivity index (χ4n) is 1.53. The van der Waals surface area contributed by atoms with E-state index in [1.807, 2.05) is 0 Å². The molecule has 0 aliphatic heterocycles. The molecule has 0 bridgehead atoms. The van der Waals surface area contributed by atoms with Gasteiger partial charge in [-0.1, -0.05) is 23.7 Å². The Balaban J connectivity index is 2.08. The zero-order valence-corrected chi connectivity index (χ0v) is 11.3. The van der Waals surface area contributed by atoms with Crippen molar-refractivity contribution in [1.29, 1.82) is 0 Å². The average Bonchev–Trinajstić information content (AvgIpc) is 2.45. The van der Waals surface area contributed by atoms with Gasteiger partial charge in [-0.15, -0.1) is 0 Å². The molecule has 5 nitrogen and oxygen atoms in total. The molecular formula is C14H10ClFN2O3. The molecule has 0 radical (unpaired) electrons. The van der Waals surface area contributed by atoms with Crippen LogP contribution in [-0.4, -0.2) is 16.9 Å². The first-order valence-electron chi connectivity index (χ1n) is 5.83. The van der Waals surface area contributed by atoms with Crippen LogP contribution in [0.1, 0.15) is 0 Å². The lowest BCUT2D eigenvalue weighted by molar-refractivity contribution is -0.133. The number of amides is 2. The highest BCUT2D eigenvalue weighted by molar-refractivity contribution is 6.44. The minimum Gasteiger partial charge on any atom is -0.506 e. The Morgan fingerprint density at radius 2 is 1.62 bits per heavy atom. The van der Waals surface area contributed by atoms with Crippen LogP contribution in [0.3, 0.4) is 0 Å². The van der Waals surface area contributed by atoms with E-state index < -0.39 is 17.6 Å². The molecule has 21 heavy (non-hydrogen) atoms. The van der Waals surface area contributed by atoms with Crippen molar-refractivity contribution >= 4 is 34.8 Å². The topological polar surface area (TPSA) is 78.4 Å². The summed E-state index contributed by atoms with van der Waals surface area (Å²) in [7, 11) is 0. The fourth-order valence-corrected chi connectivity index (χ4v) is 1.70. The number of aromatic hydroxyl groups is 1. The molecule has 0 unspecified atom stereocenters. The van der Waals surface area contributed by atoms with Gasteiger partial charge in [0.05, 0.1) is 11.4 Å². The molecule has 7 heteroatoms. The number of carbonyl (C=O) groups excluding carboxylic acids is 2. The molecule has 3 N–H and O–H groups in total. The number of rotatable bonds is 2. The van der Waals surface area contributed by atoms with Crippen LogP contribution in [0.15, 0.2) is 42.5 Å². The molecule has 0 aliphatic carbocycles. The van der Waals surface area contributed by atoms with E-state index in [4.69, 9.17) is 11.6 Å². The Morgan fingerprint density at radius 3 is 2.29 bits per heavy atom. The Hall–Kier alpha value is -2.60. The number of anilines is 2. The van der Waals surface area contributed by atoms with Crippen molar-refractivity contribution in [2.24, 2.45) is 0 Å². The van der Waals surface area contributed by atoms with E-state index in [1.165, 1.54) is 36.4 Å². The van der Waals surface area contributed by atoms with E-state index in [9.17, 15) is 19.1 Å². The van der Waals surface area contributed by atoms with Crippen LogP contribution in [0.25, 0.3) is 0 Å². The monoisotopic (exact) mass is 308 g/mol. The molecule has 0 saturated heterocycles. The van der Waals surface area contributed by atoms with Gasteiger partial charge in [-0.3, -0.25) is 9.59 Å². The number of phenolic OH excluding ortho intramolecular Hbond substituents is 1. The SMILES string of the molecule is O=C(Nc1cc(Cl)ccc1O)C(=O)Nc1ccccc1F. The molecule has 2 rings (SSSR count). The Kier molecular flexibility index (Phi) is 4.39. The lowest BCUT2D eigenvalue weighted by atomic mass is 10.3. The van der Waals surface area contributed by atoms with Crippen LogP contribution in [-0.2, 0) is 9.59 Å². The summed E-state index contributed by atoms with van der Waals surface area (Å²) in [5.74, 6) is -3.04. The van der Waals surface area contributed by atoms with E-state index in [2.05, 4.69) is 10.6 Å². The third kappa shape index (κ3) is 3.70. The molecule has 0 spiro atoms. The Bertz CT molecular complexity index is 706. The summed E-state index contributed by atoms with van der Waals surface area (Å²) in [5, 5.41) is 14.1. The Labute approximate surface area is 124 Å². The summed E-state index contributed by atoms with van der Waals surface area (Å²) in [6.07, 6.45) is 0. The number of nitrogens with one attached hydrogen (secondary N) is 2. The highest BCUT2D eigenvalue weighted by Crippen LogP contribution is 2.26. The van der Waals surface area contributed by atoms with Gasteiger partial charge in [-0.2, -0.15) is 0 Å². The average molecular weight is 309 g/mol. The van der Waals surface area contributed by atoms with Crippen LogP contribution in [0, 0.1) is 5.82 Å². The van der Waals surface area contributed by atoms with Crippen molar-refractivity contribution < 1.29 is 19.1 Å². The van der Waals surface area contributed by atoms with Gasteiger partial charge in [0, 0.05) is 5.02 Å². The predicted molar refractivity (Wildman–Crippen MR) is 76.8 cm³/mol. The zero-order valence-electron chi connectivity index (χ0n) is 10.6. The summed E-state index contributed by atoms with van der Waals surface area (Å²) < 4.78 is 13.4. The van der Waals surface area contributed by atoms with Gasteiger partial charge in [0.2, 0.25) is 0 Å². The number of para-hydroxylation sites is 1. The number of benzene rings is 2. The van der Waals surface area contributed by atoms with Crippen LogP contribution in [0.4, 0.5) is 15.8 Å². The third-order valence-electron chi connectivity index (χ3n) is 2.54. The quantitative estimate of drug-likeness (QED) is 0.589. The van der Waals surface area contributed by atoms with E-state index >= 15 is 0 Å². The molecule has 0 atom stereocenters. The predicted octanol–water partition coefficient (Wildman–Crippen LogP) is 2.76. The standard InChI is InChI=1S/C14H10ClFN2O3/c15-8-5-6-12(19)11(7-8)18-14(21)13(20)17-10-4-2-1-3-9(10)16/h1-7,19H,(H,17,20)(H,18,21). The summed E-state index contributed by atoms with van der Waals surface area (Å²) in [6.45, 7) is 0. The maximum absolute atomic E-state index is 13.4. The van der Waals surface area contributed by atoms with E-state index in [0.29, 0.717) is 0 Å². The molecule has 2 amide bonds. The van der Waals surface area contributed by atoms with Gasteiger partial charge in [0.1, 0.15) is 11.6 Å². The second kappa shape index (κ2) is 6.23. The van der Waals surface area contributed by atoms with Crippen LogP contribution in [0.5, 0.6) is 5.75 Å². The summed E-state index contributed by atoms with van der Waals surface area (Å²) >= 11 is 5.72. The number of phenols is 1. The fraction of sp³-hybridized carbons (Fsp3) is 0. The van der Waals surface area contributed by atoms with Gasteiger partial charge in [0.15, 0.2) is 0 Å². The minimum absolute atomic E-state index is 0.0174. The maximum Gasteiger partial charge on any atom is 0.314 e. The van der Waals surface area contributed by atoms with Gasteiger partial charge in [-0.05, 0) is 30.3 Å². The largest absolute Gasteiger partial charge is 0.506 e. The Morgan fingerprint density at radius 1 is 1.00 bits per heavy atom. The van der Waals surface area contributed by atoms with Crippen molar-refractivity contribution in [2.45, 2.75) is 0 Å². The summed E-state index contributed by atoms with van der Waals surface area (Å²) in [6, 6.07) is 9.41. The van der Waals surface area contributed by atoms with Crippen molar-refractivity contribution in [3.63, 3.8) is 0 Å². The van der Waals surface area contributed by atoms with Gasteiger partial charge in [0.25, 0.3) is 0 Å². The highest BCUT2D eigenvalue weighted by Gasteiger charge is 2.17. The molecule has 0 saturated carbocycles. The molecule has 0 aromatic heterocycles. The minimum atomic E-state index is -1.07.